The van der Waals surface area contributed by atoms with Crippen LogP contribution in [0.25, 0.3) is 10.9 Å². The Kier molecular flexibility index (Phi) is 4.92. The lowest BCUT2D eigenvalue weighted by atomic mass is 10.0. The Morgan fingerprint density at radius 1 is 1.00 bits per heavy atom. The van der Waals surface area contributed by atoms with E-state index >= 15 is 0 Å². The number of benzene rings is 1. The lowest BCUT2D eigenvalue weighted by molar-refractivity contribution is 0.637. The van der Waals surface area contributed by atoms with Crippen molar-refractivity contribution < 1.29 is 4.39 Å². The molecule has 1 aromatic carbocycles. The summed E-state index contributed by atoms with van der Waals surface area (Å²) >= 11 is 0. The molecule has 3 aromatic heterocycles. The number of nitrogens with zero attached hydrogens (tertiary/aromatic N) is 3. The van der Waals surface area contributed by atoms with Gasteiger partial charge in [-0.1, -0.05) is 6.07 Å². The van der Waals surface area contributed by atoms with Gasteiger partial charge in [-0.05, 0) is 51.3 Å². The molecule has 0 spiro atoms. The first kappa shape index (κ1) is 18.9. The maximum atomic E-state index is 14.1. The molecule has 0 saturated heterocycles. The number of hydrogen-bond acceptors (Lipinski definition) is 5. The standard InChI is InChI=1S/C21H24FN7/c1-11-5-6-16(22)21-20(11)15(13(3)24-21)7-8-23-17-10-18(26-14(4)25-17)27-19-9-12(2)28-29-19/h5-6,9-10,24H,7-8H2,1-4H3,(H3,23,25,26,27,28,29). The van der Waals surface area contributed by atoms with Crippen LogP contribution in [-0.2, 0) is 6.42 Å². The van der Waals surface area contributed by atoms with Crippen LogP contribution in [0.4, 0.5) is 21.8 Å². The second-order valence-electron chi connectivity index (χ2n) is 7.27. The third-order valence-corrected chi connectivity index (χ3v) is 4.91. The molecule has 0 aliphatic rings. The zero-order chi connectivity index (χ0) is 20.5. The summed E-state index contributed by atoms with van der Waals surface area (Å²) in [5, 5.41) is 14.6. The van der Waals surface area contributed by atoms with E-state index in [1.165, 1.54) is 6.07 Å². The van der Waals surface area contributed by atoms with Crippen LogP contribution in [0.1, 0.15) is 28.3 Å². The van der Waals surface area contributed by atoms with Gasteiger partial charge in [0.05, 0.1) is 5.52 Å². The van der Waals surface area contributed by atoms with Gasteiger partial charge in [-0.15, -0.1) is 0 Å². The van der Waals surface area contributed by atoms with Gasteiger partial charge in [0, 0.05) is 35.5 Å². The fraction of sp³-hybridized carbons (Fsp3) is 0.286. The SMILES string of the molecule is Cc1nc(NCCc2c(C)[nH]c3c(F)ccc(C)c23)cc(Nc2cc(C)[nH]n2)n1. The van der Waals surface area contributed by atoms with E-state index < -0.39 is 0 Å². The number of anilines is 3. The molecule has 0 amide bonds. The Balaban J connectivity index is 1.49. The molecule has 8 heteroatoms. The first-order valence-electron chi connectivity index (χ1n) is 9.55. The van der Waals surface area contributed by atoms with Gasteiger partial charge >= 0.3 is 0 Å². The van der Waals surface area contributed by atoms with E-state index in [-0.39, 0.29) is 5.82 Å². The monoisotopic (exact) mass is 393 g/mol. The highest BCUT2D eigenvalue weighted by Crippen LogP contribution is 2.28. The Morgan fingerprint density at radius 2 is 1.79 bits per heavy atom. The van der Waals surface area contributed by atoms with E-state index in [4.69, 9.17) is 0 Å². The number of H-pyrrole nitrogens is 2. The van der Waals surface area contributed by atoms with Crippen LogP contribution >= 0.6 is 0 Å². The number of aryl methyl sites for hydroxylation is 4. The van der Waals surface area contributed by atoms with E-state index in [2.05, 4.69) is 35.8 Å². The number of hydrogen-bond donors (Lipinski definition) is 4. The van der Waals surface area contributed by atoms with Gasteiger partial charge in [0.15, 0.2) is 5.82 Å². The first-order valence-corrected chi connectivity index (χ1v) is 9.55. The summed E-state index contributed by atoms with van der Waals surface area (Å²) in [6.45, 7) is 8.45. The number of nitrogens with one attached hydrogen (secondary N) is 4. The van der Waals surface area contributed by atoms with Crippen LogP contribution in [0.15, 0.2) is 24.3 Å². The van der Waals surface area contributed by atoms with Crippen molar-refractivity contribution in [2.24, 2.45) is 0 Å². The molecule has 0 unspecified atom stereocenters. The molecule has 4 aromatic rings. The fourth-order valence-corrected chi connectivity index (χ4v) is 3.61. The molecule has 0 bridgehead atoms. The second-order valence-corrected chi connectivity index (χ2v) is 7.27. The number of fused-ring (bicyclic) bond motifs is 1. The summed E-state index contributed by atoms with van der Waals surface area (Å²) in [6, 6.07) is 7.09. The Morgan fingerprint density at radius 3 is 2.55 bits per heavy atom. The quantitative estimate of drug-likeness (QED) is 0.388. The highest BCUT2D eigenvalue weighted by Gasteiger charge is 2.14. The molecular formula is C21H24FN7. The molecule has 4 N–H and O–H groups in total. The number of halogens is 1. The number of rotatable bonds is 6. The summed E-state index contributed by atoms with van der Waals surface area (Å²) in [5.74, 6) is 2.55. The molecule has 3 heterocycles. The van der Waals surface area contributed by atoms with Gasteiger partial charge < -0.3 is 15.6 Å². The zero-order valence-electron chi connectivity index (χ0n) is 16.9. The normalized spacial score (nSPS) is 11.2. The van der Waals surface area contributed by atoms with Crippen molar-refractivity contribution >= 4 is 28.4 Å². The molecule has 0 saturated carbocycles. The van der Waals surface area contributed by atoms with Crippen molar-refractivity contribution in [2.75, 3.05) is 17.2 Å². The molecule has 0 aliphatic heterocycles. The average molecular weight is 393 g/mol. The van der Waals surface area contributed by atoms with Crippen molar-refractivity contribution in [3.63, 3.8) is 0 Å². The predicted octanol–water partition coefficient (Wildman–Crippen LogP) is 4.45. The maximum Gasteiger partial charge on any atom is 0.153 e. The summed E-state index contributed by atoms with van der Waals surface area (Å²) in [7, 11) is 0. The second kappa shape index (κ2) is 7.54. The summed E-state index contributed by atoms with van der Waals surface area (Å²) in [5.41, 5.74) is 4.73. The average Bonchev–Trinajstić information content (AvgIpc) is 3.22. The third kappa shape index (κ3) is 3.91. The van der Waals surface area contributed by atoms with Crippen LogP contribution in [0.3, 0.4) is 0 Å². The third-order valence-electron chi connectivity index (χ3n) is 4.91. The van der Waals surface area contributed by atoms with Gasteiger partial charge in [-0.3, -0.25) is 5.10 Å². The minimum absolute atomic E-state index is 0.219. The lowest BCUT2D eigenvalue weighted by Crippen LogP contribution is -2.09. The van der Waals surface area contributed by atoms with Crippen LogP contribution in [-0.4, -0.2) is 31.7 Å². The van der Waals surface area contributed by atoms with Crippen molar-refractivity contribution in [3.8, 4) is 0 Å². The largest absolute Gasteiger partial charge is 0.370 e. The van der Waals surface area contributed by atoms with Gasteiger partial charge in [0.2, 0.25) is 0 Å². The minimum Gasteiger partial charge on any atom is -0.370 e. The topological polar surface area (TPSA) is 94.3 Å². The van der Waals surface area contributed by atoms with Crippen LogP contribution < -0.4 is 10.6 Å². The van der Waals surface area contributed by atoms with Gasteiger partial charge in [0.1, 0.15) is 23.3 Å². The highest BCUT2D eigenvalue weighted by molar-refractivity contribution is 5.88. The highest BCUT2D eigenvalue weighted by atomic mass is 19.1. The minimum atomic E-state index is -0.219. The van der Waals surface area contributed by atoms with Crippen molar-refractivity contribution in [1.82, 2.24) is 25.1 Å². The van der Waals surface area contributed by atoms with Crippen molar-refractivity contribution in [3.05, 3.63) is 58.4 Å². The van der Waals surface area contributed by atoms with Crippen LogP contribution in [0, 0.1) is 33.5 Å². The van der Waals surface area contributed by atoms with Crippen molar-refractivity contribution in [1.29, 1.82) is 0 Å². The van der Waals surface area contributed by atoms with Crippen molar-refractivity contribution in [2.45, 2.75) is 34.1 Å². The molecule has 0 fully saturated rings. The first-order chi connectivity index (χ1) is 13.9. The van der Waals surface area contributed by atoms with E-state index in [1.807, 2.05) is 45.9 Å². The summed E-state index contributed by atoms with van der Waals surface area (Å²) in [4.78, 5) is 12.1. The van der Waals surface area contributed by atoms with Crippen LogP contribution in [0.2, 0.25) is 0 Å². The molecule has 0 atom stereocenters. The van der Waals surface area contributed by atoms with E-state index in [9.17, 15) is 4.39 Å². The fourth-order valence-electron chi connectivity index (χ4n) is 3.61. The number of aromatic nitrogens is 5. The van der Waals surface area contributed by atoms with E-state index in [0.717, 1.165) is 40.1 Å². The molecule has 0 radical (unpaired) electrons. The van der Waals surface area contributed by atoms with Gasteiger partial charge in [-0.25, -0.2) is 14.4 Å². The zero-order valence-corrected chi connectivity index (χ0v) is 16.9. The molecule has 4 rings (SSSR count). The van der Waals surface area contributed by atoms with Crippen LogP contribution in [0.5, 0.6) is 0 Å². The predicted molar refractivity (Wildman–Crippen MR) is 113 cm³/mol. The van der Waals surface area contributed by atoms with E-state index in [1.54, 1.807) is 0 Å². The molecule has 29 heavy (non-hydrogen) atoms. The maximum absolute atomic E-state index is 14.1. The Labute approximate surface area is 168 Å². The smallest absolute Gasteiger partial charge is 0.153 e. The summed E-state index contributed by atoms with van der Waals surface area (Å²) in [6.07, 6.45) is 0.750. The molecule has 0 aliphatic carbocycles. The van der Waals surface area contributed by atoms with Gasteiger partial charge in [-0.2, -0.15) is 5.10 Å². The van der Waals surface area contributed by atoms with Gasteiger partial charge in [0.25, 0.3) is 0 Å². The van der Waals surface area contributed by atoms with E-state index in [0.29, 0.717) is 29.5 Å². The molecule has 150 valence electrons. The molecule has 7 nitrogen and oxygen atoms in total. The summed E-state index contributed by atoms with van der Waals surface area (Å²) < 4.78 is 14.1. The number of aromatic amines is 2. The molecular weight excluding hydrogens is 369 g/mol. The Bertz CT molecular complexity index is 1180. The Hall–Kier alpha value is -3.42. The lowest BCUT2D eigenvalue weighted by Gasteiger charge is -2.10.